The van der Waals surface area contributed by atoms with Gasteiger partial charge in [-0.15, -0.1) is 0 Å². The number of carbonyl (C=O) groups excluding carboxylic acids is 1. The van der Waals surface area contributed by atoms with Gasteiger partial charge in [0.05, 0.1) is 6.54 Å². The van der Waals surface area contributed by atoms with Gasteiger partial charge in [0, 0.05) is 17.8 Å². The summed E-state index contributed by atoms with van der Waals surface area (Å²) in [6.45, 7) is 3.49. The Bertz CT molecular complexity index is 463. The van der Waals surface area contributed by atoms with E-state index in [2.05, 4.69) is 22.5 Å². The molecule has 1 aliphatic rings. The summed E-state index contributed by atoms with van der Waals surface area (Å²) < 4.78 is 12.8. The Kier molecular flexibility index (Phi) is 5.70. The highest BCUT2D eigenvalue weighted by molar-refractivity contribution is 5.92. The maximum Gasteiger partial charge on any atom is 0.238 e. The lowest BCUT2D eigenvalue weighted by Crippen LogP contribution is -2.52. The molecule has 0 aliphatic carbocycles. The average molecular weight is 293 g/mol. The third kappa shape index (κ3) is 4.51. The van der Waals surface area contributed by atoms with Crippen LogP contribution in [0.3, 0.4) is 0 Å². The highest BCUT2D eigenvalue weighted by Gasteiger charge is 2.27. The summed E-state index contributed by atoms with van der Waals surface area (Å²) in [6, 6.07) is 6.62. The highest BCUT2D eigenvalue weighted by Crippen LogP contribution is 2.19. The minimum Gasteiger partial charge on any atom is -0.325 e. The van der Waals surface area contributed by atoms with Gasteiger partial charge in [0.25, 0.3) is 0 Å². The fourth-order valence-corrected chi connectivity index (χ4v) is 2.89. The molecule has 1 saturated heterocycles. The van der Waals surface area contributed by atoms with Crippen molar-refractivity contribution in [3.63, 3.8) is 0 Å². The number of nitrogens with zero attached hydrogens (tertiary/aromatic N) is 1. The van der Waals surface area contributed by atoms with Crippen LogP contribution in [0.1, 0.15) is 26.2 Å². The van der Waals surface area contributed by atoms with Crippen molar-refractivity contribution in [1.29, 1.82) is 0 Å². The number of likely N-dealkylation sites (tertiary alicyclic amines) is 1. The average Bonchev–Trinajstić information content (AvgIpc) is 2.49. The first-order chi connectivity index (χ1) is 10.1. The molecule has 1 aromatic carbocycles. The summed E-state index contributed by atoms with van der Waals surface area (Å²) in [5.41, 5.74) is 0.636. The standard InChI is InChI=1S/C16H24FN3O/c1-12(18-2)15-5-3-4-10-20(15)11-16(21)19-14-8-6-13(17)7-9-14/h6-9,12,15,18H,3-5,10-11H2,1-2H3,(H,19,21). The van der Waals surface area contributed by atoms with Gasteiger partial charge in [-0.05, 0) is 57.6 Å². The van der Waals surface area contributed by atoms with Crippen LogP contribution in [0, 0.1) is 5.82 Å². The van der Waals surface area contributed by atoms with E-state index in [0.717, 1.165) is 19.4 Å². The number of likely N-dealkylation sites (N-methyl/N-ethyl adjacent to an activating group) is 1. The zero-order valence-corrected chi connectivity index (χ0v) is 12.7. The van der Waals surface area contributed by atoms with E-state index in [1.807, 2.05) is 7.05 Å². The third-order valence-electron chi connectivity index (χ3n) is 4.17. The van der Waals surface area contributed by atoms with Crippen LogP contribution in [0.4, 0.5) is 10.1 Å². The van der Waals surface area contributed by atoms with Gasteiger partial charge >= 0.3 is 0 Å². The van der Waals surface area contributed by atoms with Crippen LogP contribution in [0.2, 0.25) is 0 Å². The number of piperidine rings is 1. The molecular formula is C16H24FN3O. The number of benzene rings is 1. The minimum absolute atomic E-state index is 0.0446. The van der Waals surface area contributed by atoms with Crippen LogP contribution < -0.4 is 10.6 Å². The lowest BCUT2D eigenvalue weighted by molar-refractivity contribution is -0.118. The van der Waals surface area contributed by atoms with Gasteiger partial charge in [-0.2, -0.15) is 0 Å². The number of rotatable bonds is 5. The molecule has 2 unspecified atom stereocenters. The number of halogens is 1. The number of anilines is 1. The Balaban J connectivity index is 1.92. The summed E-state index contributed by atoms with van der Waals surface area (Å²) in [5, 5.41) is 6.10. The molecule has 0 radical (unpaired) electrons. The molecule has 2 rings (SSSR count). The van der Waals surface area contributed by atoms with E-state index >= 15 is 0 Å². The van der Waals surface area contributed by atoms with Crippen molar-refractivity contribution in [1.82, 2.24) is 10.2 Å². The van der Waals surface area contributed by atoms with E-state index in [0.29, 0.717) is 24.3 Å². The number of hydrogen-bond acceptors (Lipinski definition) is 3. The van der Waals surface area contributed by atoms with E-state index < -0.39 is 0 Å². The van der Waals surface area contributed by atoms with E-state index in [1.54, 1.807) is 12.1 Å². The molecule has 0 bridgehead atoms. The Labute approximate surface area is 125 Å². The van der Waals surface area contributed by atoms with Crippen molar-refractivity contribution < 1.29 is 9.18 Å². The first-order valence-electron chi connectivity index (χ1n) is 7.57. The van der Waals surface area contributed by atoms with Crippen LogP contribution in [-0.2, 0) is 4.79 Å². The zero-order valence-electron chi connectivity index (χ0n) is 12.7. The molecule has 2 atom stereocenters. The molecule has 1 heterocycles. The monoisotopic (exact) mass is 293 g/mol. The number of hydrogen-bond donors (Lipinski definition) is 2. The molecule has 0 spiro atoms. The molecule has 1 amide bonds. The first kappa shape index (κ1) is 15.9. The van der Waals surface area contributed by atoms with Crippen molar-refractivity contribution >= 4 is 11.6 Å². The number of amides is 1. The van der Waals surface area contributed by atoms with Crippen molar-refractivity contribution in [3.8, 4) is 0 Å². The van der Waals surface area contributed by atoms with Gasteiger partial charge in [-0.25, -0.2) is 4.39 Å². The molecule has 4 nitrogen and oxygen atoms in total. The molecule has 1 aliphatic heterocycles. The topological polar surface area (TPSA) is 44.4 Å². The van der Waals surface area contributed by atoms with Crippen molar-refractivity contribution in [2.45, 2.75) is 38.3 Å². The highest BCUT2D eigenvalue weighted by atomic mass is 19.1. The molecule has 5 heteroatoms. The summed E-state index contributed by atoms with van der Waals surface area (Å²) in [5.74, 6) is -0.344. The molecule has 0 saturated carbocycles. The second-order valence-electron chi connectivity index (χ2n) is 5.67. The van der Waals surface area contributed by atoms with Crippen LogP contribution in [0.5, 0.6) is 0 Å². The van der Waals surface area contributed by atoms with Crippen LogP contribution in [0.15, 0.2) is 24.3 Å². The van der Waals surface area contributed by atoms with Crippen LogP contribution in [-0.4, -0.2) is 43.0 Å². The summed E-state index contributed by atoms with van der Waals surface area (Å²) in [4.78, 5) is 14.4. The van der Waals surface area contributed by atoms with E-state index in [1.165, 1.54) is 18.6 Å². The lowest BCUT2D eigenvalue weighted by Gasteiger charge is -2.38. The van der Waals surface area contributed by atoms with Gasteiger partial charge in [0.2, 0.25) is 5.91 Å². The minimum atomic E-state index is -0.299. The number of nitrogens with one attached hydrogen (secondary N) is 2. The smallest absolute Gasteiger partial charge is 0.238 e. The van der Waals surface area contributed by atoms with Gasteiger partial charge in [0.15, 0.2) is 0 Å². The molecule has 2 N–H and O–H groups in total. The fourth-order valence-electron chi connectivity index (χ4n) is 2.89. The lowest BCUT2D eigenvalue weighted by atomic mass is 9.96. The quantitative estimate of drug-likeness (QED) is 0.875. The van der Waals surface area contributed by atoms with Crippen molar-refractivity contribution in [2.24, 2.45) is 0 Å². The van der Waals surface area contributed by atoms with Gasteiger partial charge in [-0.3, -0.25) is 9.69 Å². The summed E-state index contributed by atoms with van der Waals surface area (Å²) in [6.07, 6.45) is 3.47. The van der Waals surface area contributed by atoms with Gasteiger partial charge < -0.3 is 10.6 Å². The third-order valence-corrected chi connectivity index (χ3v) is 4.17. The van der Waals surface area contributed by atoms with Crippen LogP contribution in [0.25, 0.3) is 0 Å². The molecule has 0 aromatic heterocycles. The molecular weight excluding hydrogens is 269 g/mol. The van der Waals surface area contributed by atoms with E-state index in [-0.39, 0.29) is 11.7 Å². The Morgan fingerprint density at radius 3 is 2.76 bits per heavy atom. The Morgan fingerprint density at radius 2 is 2.10 bits per heavy atom. The fraction of sp³-hybridized carbons (Fsp3) is 0.562. The Morgan fingerprint density at radius 1 is 1.38 bits per heavy atom. The van der Waals surface area contributed by atoms with Crippen molar-refractivity contribution in [3.05, 3.63) is 30.1 Å². The maximum absolute atomic E-state index is 12.8. The SMILES string of the molecule is CNC(C)C1CCCCN1CC(=O)Nc1ccc(F)cc1. The molecule has 116 valence electrons. The Hall–Kier alpha value is -1.46. The summed E-state index contributed by atoms with van der Waals surface area (Å²) >= 11 is 0. The van der Waals surface area contributed by atoms with E-state index in [9.17, 15) is 9.18 Å². The zero-order chi connectivity index (χ0) is 15.2. The number of carbonyl (C=O) groups is 1. The van der Waals surface area contributed by atoms with Gasteiger partial charge in [-0.1, -0.05) is 6.42 Å². The van der Waals surface area contributed by atoms with E-state index in [4.69, 9.17) is 0 Å². The predicted molar refractivity (Wildman–Crippen MR) is 82.8 cm³/mol. The van der Waals surface area contributed by atoms with Crippen molar-refractivity contribution in [2.75, 3.05) is 25.5 Å². The second-order valence-corrected chi connectivity index (χ2v) is 5.67. The van der Waals surface area contributed by atoms with Crippen LogP contribution >= 0.6 is 0 Å². The molecule has 21 heavy (non-hydrogen) atoms. The van der Waals surface area contributed by atoms with Gasteiger partial charge in [0.1, 0.15) is 5.82 Å². The summed E-state index contributed by atoms with van der Waals surface area (Å²) in [7, 11) is 1.95. The molecule has 1 fully saturated rings. The second kappa shape index (κ2) is 7.52. The molecule has 1 aromatic rings. The largest absolute Gasteiger partial charge is 0.325 e. The maximum atomic E-state index is 12.8. The first-order valence-corrected chi connectivity index (χ1v) is 7.57. The predicted octanol–water partition coefficient (Wildman–Crippen LogP) is 2.23. The normalized spacial score (nSPS) is 21.0.